The largest absolute Gasteiger partial charge is 0.494 e. The van der Waals surface area contributed by atoms with Crippen molar-refractivity contribution in [2.45, 2.75) is 6.92 Å². The molecule has 0 unspecified atom stereocenters. The average molecular weight is 297 g/mol. The van der Waals surface area contributed by atoms with Gasteiger partial charge < -0.3 is 5.11 Å². The Morgan fingerprint density at radius 3 is 2.68 bits per heavy atom. The first-order chi connectivity index (χ1) is 10.5. The Kier molecular flexibility index (Phi) is 3.10. The van der Waals surface area contributed by atoms with Gasteiger partial charge in [0, 0.05) is 10.8 Å². The number of fused-ring (bicyclic) bond motifs is 1. The summed E-state index contributed by atoms with van der Waals surface area (Å²) in [6, 6.07) is 5.47. The van der Waals surface area contributed by atoms with Crippen LogP contribution in [0.4, 0.5) is 0 Å². The third kappa shape index (κ3) is 2.28. The van der Waals surface area contributed by atoms with Crippen LogP contribution in [0, 0.1) is 6.92 Å². The SMILES string of the molecule is Cc1cccc2c1=NC(=O)C(=Cc1c(O)[nH]c(=O)[nH]c1=O)C=2. The number of aromatic nitrogens is 2. The number of hydrogen-bond donors (Lipinski definition) is 3. The normalized spacial score (nSPS) is 15.1. The van der Waals surface area contributed by atoms with Crippen molar-refractivity contribution in [3.05, 3.63) is 66.3 Å². The molecule has 1 aromatic heterocycles. The lowest BCUT2D eigenvalue weighted by Gasteiger charge is -2.05. The number of nitrogens with one attached hydrogen (secondary N) is 2. The summed E-state index contributed by atoms with van der Waals surface area (Å²) in [6.45, 7) is 1.84. The summed E-state index contributed by atoms with van der Waals surface area (Å²) in [5.41, 5.74) is -0.804. The van der Waals surface area contributed by atoms with Crippen LogP contribution in [0.15, 0.2) is 38.4 Å². The van der Waals surface area contributed by atoms with Gasteiger partial charge in [0.15, 0.2) is 0 Å². The van der Waals surface area contributed by atoms with Crippen LogP contribution in [0.3, 0.4) is 0 Å². The number of nitrogens with zero attached hydrogens (tertiary/aromatic N) is 1. The van der Waals surface area contributed by atoms with Crippen molar-refractivity contribution < 1.29 is 9.90 Å². The third-order valence-electron chi connectivity index (χ3n) is 3.30. The lowest BCUT2D eigenvalue weighted by molar-refractivity contribution is -0.114. The van der Waals surface area contributed by atoms with Crippen molar-refractivity contribution in [2.75, 3.05) is 0 Å². The molecule has 7 heteroatoms. The van der Waals surface area contributed by atoms with Crippen LogP contribution in [-0.4, -0.2) is 21.0 Å². The fourth-order valence-corrected chi connectivity index (χ4v) is 2.22. The molecule has 1 aromatic carbocycles. The fraction of sp³-hybridized carbons (Fsp3) is 0.0667. The van der Waals surface area contributed by atoms with E-state index in [4.69, 9.17) is 0 Å². The molecular formula is C15H11N3O4. The van der Waals surface area contributed by atoms with Crippen LogP contribution in [0.2, 0.25) is 0 Å². The van der Waals surface area contributed by atoms with Crippen LogP contribution >= 0.6 is 0 Å². The van der Waals surface area contributed by atoms with E-state index in [1.165, 1.54) is 6.08 Å². The first-order valence-corrected chi connectivity index (χ1v) is 6.43. The van der Waals surface area contributed by atoms with Crippen molar-refractivity contribution >= 4 is 18.1 Å². The maximum atomic E-state index is 12.1. The van der Waals surface area contributed by atoms with Gasteiger partial charge >= 0.3 is 5.69 Å². The molecule has 3 rings (SSSR count). The Morgan fingerprint density at radius 2 is 1.95 bits per heavy atom. The Hall–Kier alpha value is -3.22. The summed E-state index contributed by atoms with van der Waals surface area (Å²) in [7, 11) is 0. The maximum absolute atomic E-state index is 12.1. The van der Waals surface area contributed by atoms with Gasteiger partial charge in [0.05, 0.1) is 5.36 Å². The molecule has 22 heavy (non-hydrogen) atoms. The minimum Gasteiger partial charge on any atom is -0.494 e. The highest BCUT2D eigenvalue weighted by atomic mass is 16.3. The summed E-state index contributed by atoms with van der Waals surface area (Å²) in [5, 5.41) is 11.0. The smallest absolute Gasteiger partial charge is 0.328 e. The van der Waals surface area contributed by atoms with Gasteiger partial charge in [-0.3, -0.25) is 19.6 Å². The number of rotatable bonds is 1. The number of hydrogen-bond acceptors (Lipinski definition) is 4. The van der Waals surface area contributed by atoms with E-state index in [-0.39, 0.29) is 11.1 Å². The number of aromatic hydroxyl groups is 1. The lowest BCUT2D eigenvalue weighted by atomic mass is 10.1. The number of benzene rings is 1. The van der Waals surface area contributed by atoms with Crippen LogP contribution in [0.5, 0.6) is 5.88 Å². The summed E-state index contributed by atoms with van der Waals surface area (Å²) in [6.07, 6.45) is 2.78. The molecular weight excluding hydrogens is 286 g/mol. The standard InChI is InChI=1S/C15H11N3O4/c1-7-3-2-4-8-5-9(12(19)16-11(7)8)6-10-13(20)17-15(22)18-14(10)21/h2-6H,1H3,(H3,17,18,20,21,22). The number of aryl methyl sites for hydroxylation is 1. The average Bonchev–Trinajstić information content (AvgIpc) is 2.44. The Bertz CT molecular complexity index is 1060. The highest BCUT2D eigenvalue weighted by molar-refractivity contribution is 6.07. The number of H-pyrrole nitrogens is 2. The molecule has 0 spiro atoms. The van der Waals surface area contributed by atoms with Gasteiger partial charge in [0.2, 0.25) is 5.88 Å². The van der Waals surface area contributed by atoms with Gasteiger partial charge in [-0.1, -0.05) is 18.2 Å². The zero-order valence-corrected chi connectivity index (χ0v) is 11.5. The highest BCUT2D eigenvalue weighted by Gasteiger charge is 2.14. The number of amides is 1. The summed E-state index contributed by atoms with van der Waals surface area (Å²) in [4.78, 5) is 42.8. The van der Waals surface area contributed by atoms with Gasteiger partial charge in [-0.2, -0.15) is 0 Å². The van der Waals surface area contributed by atoms with Crippen LogP contribution in [0.25, 0.3) is 12.2 Å². The summed E-state index contributed by atoms with van der Waals surface area (Å²) >= 11 is 0. The topological polar surface area (TPSA) is 115 Å². The van der Waals surface area contributed by atoms with E-state index < -0.39 is 23.0 Å². The molecule has 0 fully saturated rings. The van der Waals surface area contributed by atoms with E-state index in [2.05, 4.69) is 9.98 Å². The van der Waals surface area contributed by atoms with E-state index in [9.17, 15) is 19.5 Å². The van der Waals surface area contributed by atoms with E-state index in [0.717, 1.165) is 10.8 Å². The molecule has 2 aromatic rings. The van der Waals surface area contributed by atoms with Crippen molar-refractivity contribution in [3.63, 3.8) is 0 Å². The van der Waals surface area contributed by atoms with Gasteiger partial charge in [-0.05, 0) is 24.6 Å². The Morgan fingerprint density at radius 1 is 1.18 bits per heavy atom. The monoisotopic (exact) mass is 297 g/mol. The van der Waals surface area contributed by atoms with Crippen LogP contribution in [-0.2, 0) is 4.79 Å². The molecule has 2 heterocycles. The van der Waals surface area contributed by atoms with Gasteiger partial charge in [0.1, 0.15) is 5.56 Å². The number of carbonyl (C=O) groups is 1. The molecule has 1 aliphatic heterocycles. The predicted octanol–water partition coefficient (Wildman–Crippen LogP) is -0.899. The van der Waals surface area contributed by atoms with Crippen molar-refractivity contribution in [2.24, 2.45) is 4.99 Å². The minimum atomic E-state index is -0.825. The van der Waals surface area contributed by atoms with Crippen LogP contribution < -0.4 is 21.8 Å². The molecule has 0 saturated carbocycles. The molecule has 1 amide bonds. The quantitative estimate of drug-likeness (QED) is 0.592. The van der Waals surface area contributed by atoms with E-state index in [1.54, 1.807) is 12.1 Å². The molecule has 0 saturated heterocycles. The second-order valence-electron chi connectivity index (χ2n) is 4.84. The first kappa shape index (κ1) is 13.7. The second kappa shape index (κ2) is 4.96. The van der Waals surface area contributed by atoms with Gasteiger partial charge in [-0.25, -0.2) is 9.79 Å². The Balaban J connectivity index is 2.25. The molecule has 7 nitrogen and oxygen atoms in total. The summed E-state index contributed by atoms with van der Waals surface area (Å²) in [5.74, 6) is -1.12. The van der Waals surface area contributed by atoms with Crippen molar-refractivity contribution in [3.8, 4) is 5.88 Å². The molecule has 3 N–H and O–H groups in total. The highest BCUT2D eigenvalue weighted by Crippen LogP contribution is 2.13. The lowest BCUT2D eigenvalue weighted by Crippen LogP contribution is -2.32. The number of carbonyl (C=O) groups excluding carboxylic acids is 1. The molecule has 1 aliphatic rings. The molecule has 110 valence electrons. The minimum absolute atomic E-state index is 0.144. The fourth-order valence-electron chi connectivity index (χ4n) is 2.22. The van der Waals surface area contributed by atoms with E-state index in [0.29, 0.717) is 5.36 Å². The molecule has 0 atom stereocenters. The van der Waals surface area contributed by atoms with E-state index >= 15 is 0 Å². The third-order valence-corrected chi connectivity index (χ3v) is 3.30. The first-order valence-electron chi connectivity index (χ1n) is 6.43. The van der Waals surface area contributed by atoms with E-state index in [1.807, 2.05) is 24.0 Å². The zero-order chi connectivity index (χ0) is 15.9. The number of aromatic amines is 2. The maximum Gasteiger partial charge on any atom is 0.328 e. The van der Waals surface area contributed by atoms with Crippen molar-refractivity contribution in [1.82, 2.24) is 9.97 Å². The molecule has 0 radical (unpaired) electrons. The molecule has 0 bridgehead atoms. The number of para-hydroxylation sites is 1. The second-order valence-corrected chi connectivity index (χ2v) is 4.84. The van der Waals surface area contributed by atoms with Gasteiger partial charge in [0.25, 0.3) is 11.5 Å². The predicted molar refractivity (Wildman–Crippen MR) is 78.8 cm³/mol. The molecule has 0 aliphatic carbocycles. The van der Waals surface area contributed by atoms with Crippen LogP contribution in [0.1, 0.15) is 11.1 Å². The summed E-state index contributed by atoms with van der Waals surface area (Å²) < 4.78 is 0. The zero-order valence-electron chi connectivity index (χ0n) is 11.5. The van der Waals surface area contributed by atoms with Gasteiger partial charge in [-0.15, -0.1) is 0 Å². The Labute approximate surface area is 123 Å². The van der Waals surface area contributed by atoms with Crippen molar-refractivity contribution in [1.29, 1.82) is 0 Å².